The van der Waals surface area contributed by atoms with Crippen molar-refractivity contribution in [1.29, 1.82) is 0 Å². The van der Waals surface area contributed by atoms with Crippen molar-refractivity contribution >= 4 is 7.12 Å². The Bertz CT molecular complexity index is 447. The fourth-order valence-corrected chi connectivity index (χ4v) is 2.17. The van der Waals surface area contributed by atoms with Gasteiger partial charge >= 0.3 is 7.12 Å². The quantitative estimate of drug-likeness (QED) is 0.767. The van der Waals surface area contributed by atoms with Crippen LogP contribution in [0.25, 0.3) is 0 Å². The van der Waals surface area contributed by atoms with Crippen LogP contribution in [0.5, 0.6) is 0 Å². The molecule has 19 heavy (non-hydrogen) atoms. The molecule has 1 saturated heterocycles. The minimum absolute atomic E-state index is 0.242. The fraction of sp³-hybridized carbons (Fsp3) is 0.500. The molecule has 1 aliphatic heterocycles. The van der Waals surface area contributed by atoms with Crippen LogP contribution in [0.2, 0.25) is 0 Å². The lowest BCUT2D eigenvalue weighted by Gasteiger charge is -2.32. The molecule has 0 aliphatic carbocycles. The summed E-state index contributed by atoms with van der Waals surface area (Å²) in [5.74, 6) is 2.09. The van der Waals surface area contributed by atoms with Crippen LogP contribution in [-0.4, -0.2) is 18.3 Å². The molecule has 0 spiro atoms. The third kappa shape index (κ3) is 3.28. The Kier molecular flexibility index (Phi) is 3.89. The second-order valence-electron chi connectivity index (χ2n) is 6.30. The van der Waals surface area contributed by atoms with Crippen molar-refractivity contribution in [2.75, 3.05) is 0 Å². The minimum atomic E-state index is -0.263. The number of rotatable bonds is 3. The molecule has 0 aromatic heterocycles. The topological polar surface area (TPSA) is 18.5 Å². The molecule has 3 heteroatoms. The van der Waals surface area contributed by atoms with Gasteiger partial charge in [0, 0.05) is 0 Å². The van der Waals surface area contributed by atoms with Gasteiger partial charge in [0.2, 0.25) is 0 Å². The predicted octanol–water partition coefficient (Wildman–Crippen LogP) is 3.81. The lowest BCUT2D eigenvalue weighted by atomic mass is 9.86. The maximum absolute atomic E-state index is 5.97. The van der Waals surface area contributed by atoms with Gasteiger partial charge in [0.1, 0.15) is 0 Å². The summed E-state index contributed by atoms with van der Waals surface area (Å²) in [6, 6.07) is 10.5. The summed E-state index contributed by atoms with van der Waals surface area (Å²) in [6.45, 7) is 10.4. The number of hydrogen-bond acceptors (Lipinski definition) is 2. The van der Waals surface area contributed by atoms with Crippen LogP contribution in [0.15, 0.2) is 41.9 Å². The van der Waals surface area contributed by atoms with Gasteiger partial charge < -0.3 is 9.31 Å². The summed E-state index contributed by atoms with van der Waals surface area (Å²) < 4.78 is 11.9. The smallest absolute Gasteiger partial charge is 0.400 e. The summed E-state index contributed by atoms with van der Waals surface area (Å²) in [5, 5.41) is 0. The molecule has 1 aromatic carbocycles. The van der Waals surface area contributed by atoms with Gasteiger partial charge in [-0.05, 0) is 46.6 Å². The monoisotopic (exact) mass is 258 g/mol. The third-order valence-corrected chi connectivity index (χ3v) is 4.02. The first-order chi connectivity index (χ1) is 8.80. The standard InChI is InChI=1S/C16H23BO2/c1-13(11-14-9-7-6-8-10-14)12-17-18-15(2,3)16(4,5)19-17/h6-10,12H,11H2,1-5H3/b13-12-. The van der Waals surface area contributed by atoms with Gasteiger partial charge in [-0.25, -0.2) is 0 Å². The van der Waals surface area contributed by atoms with Crippen molar-refractivity contribution in [3.8, 4) is 0 Å². The Balaban J connectivity index is 2.03. The van der Waals surface area contributed by atoms with Crippen LogP contribution < -0.4 is 0 Å². The summed E-state index contributed by atoms with van der Waals surface area (Å²) >= 11 is 0. The normalized spacial score (nSPS) is 21.7. The zero-order valence-corrected chi connectivity index (χ0v) is 12.6. The highest BCUT2D eigenvalue weighted by Crippen LogP contribution is 2.37. The summed E-state index contributed by atoms with van der Waals surface area (Å²) in [7, 11) is -0.242. The Morgan fingerprint density at radius 1 is 1.05 bits per heavy atom. The molecule has 0 N–H and O–H groups in total. The first-order valence-electron chi connectivity index (χ1n) is 6.87. The fourth-order valence-electron chi connectivity index (χ4n) is 2.17. The van der Waals surface area contributed by atoms with E-state index in [4.69, 9.17) is 9.31 Å². The number of benzene rings is 1. The average molecular weight is 258 g/mol. The van der Waals surface area contributed by atoms with Crippen molar-refractivity contribution in [2.24, 2.45) is 0 Å². The predicted molar refractivity (Wildman–Crippen MR) is 80.0 cm³/mol. The Morgan fingerprint density at radius 3 is 2.11 bits per heavy atom. The highest BCUT2D eigenvalue weighted by molar-refractivity contribution is 6.51. The van der Waals surface area contributed by atoms with E-state index in [0.29, 0.717) is 0 Å². The van der Waals surface area contributed by atoms with Gasteiger partial charge in [-0.15, -0.1) is 0 Å². The molecule has 0 radical (unpaired) electrons. The highest BCUT2D eigenvalue weighted by Gasteiger charge is 2.50. The van der Waals surface area contributed by atoms with E-state index in [1.165, 1.54) is 11.1 Å². The molecular weight excluding hydrogens is 235 g/mol. The van der Waals surface area contributed by atoms with Crippen LogP contribution in [0.1, 0.15) is 40.2 Å². The molecule has 0 saturated carbocycles. The van der Waals surface area contributed by atoms with E-state index in [2.05, 4.69) is 64.9 Å². The van der Waals surface area contributed by atoms with E-state index in [-0.39, 0.29) is 18.3 Å². The first-order valence-corrected chi connectivity index (χ1v) is 6.87. The van der Waals surface area contributed by atoms with E-state index in [1.54, 1.807) is 0 Å². The Hall–Kier alpha value is -1.06. The summed E-state index contributed by atoms with van der Waals surface area (Å²) in [5.41, 5.74) is 2.06. The van der Waals surface area contributed by atoms with Crippen LogP contribution in [0.3, 0.4) is 0 Å². The zero-order valence-electron chi connectivity index (χ0n) is 12.6. The maximum atomic E-state index is 5.97. The van der Waals surface area contributed by atoms with E-state index in [1.807, 2.05) is 6.07 Å². The van der Waals surface area contributed by atoms with Gasteiger partial charge in [-0.3, -0.25) is 0 Å². The summed E-state index contributed by atoms with van der Waals surface area (Å²) in [6.07, 6.45) is 0.935. The van der Waals surface area contributed by atoms with Crippen molar-refractivity contribution in [3.63, 3.8) is 0 Å². The molecule has 0 amide bonds. The Morgan fingerprint density at radius 2 is 1.58 bits per heavy atom. The molecule has 2 nitrogen and oxygen atoms in total. The van der Waals surface area contributed by atoms with Gasteiger partial charge in [0.25, 0.3) is 0 Å². The molecule has 1 heterocycles. The van der Waals surface area contributed by atoms with Crippen molar-refractivity contribution in [1.82, 2.24) is 0 Å². The summed E-state index contributed by atoms with van der Waals surface area (Å²) in [4.78, 5) is 0. The van der Waals surface area contributed by atoms with Crippen molar-refractivity contribution in [3.05, 3.63) is 47.4 Å². The second kappa shape index (κ2) is 5.14. The van der Waals surface area contributed by atoms with Crippen LogP contribution >= 0.6 is 0 Å². The first kappa shape index (κ1) is 14.4. The van der Waals surface area contributed by atoms with Crippen LogP contribution in [0.4, 0.5) is 0 Å². The van der Waals surface area contributed by atoms with Crippen molar-refractivity contribution in [2.45, 2.75) is 52.2 Å². The number of allylic oxidation sites excluding steroid dienone is 1. The Labute approximate surface area is 117 Å². The average Bonchev–Trinajstić information content (AvgIpc) is 2.47. The number of hydrogen-bond donors (Lipinski definition) is 0. The molecule has 0 atom stereocenters. The van der Waals surface area contributed by atoms with E-state index in [9.17, 15) is 0 Å². The van der Waals surface area contributed by atoms with E-state index < -0.39 is 0 Å². The van der Waals surface area contributed by atoms with Crippen LogP contribution in [-0.2, 0) is 15.7 Å². The van der Waals surface area contributed by atoms with Gasteiger partial charge in [0.15, 0.2) is 0 Å². The maximum Gasteiger partial charge on any atom is 0.487 e. The van der Waals surface area contributed by atoms with Crippen molar-refractivity contribution < 1.29 is 9.31 Å². The van der Waals surface area contributed by atoms with Crippen LogP contribution in [0, 0.1) is 0 Å². The third-order valence-electron chi connectivity index (χ3n) is 4.02. The molecule has 1 fully saturated rings. The lowest BCUT2D eigenvalue weighted by Crippen LogP contribution is -2.41. The lowest BCUT2D eigenvalue weighted by molar-refractivity contribution is 0.00578. The largest absolute Gasteiger partial charge is 0.487 e. The van der Waals surface area contributed by atoms with Gasteiger partial charge in [-0.1, -0.05) is 41.9 Å². The van der Waals surface area contributed by atoms with E-state index >= 15 is 0 Å². The molecule has 0 unspecified atom stereocenters. The molecule has 2 rings (SSSR count). The minimum Gasteiger partial charge on any atom is -0.400 e. The molecule has 102 valence electrons. The second-order valence-corrected chi connectivity index (χ2v) is 6.30. The molecular formula is C16H23BO2. The highest BCUT2D eigenvalue weighted by atomic mass is 16.7. The molecule has 1 aliphatic rings. The van der Waals surface area contributed by atoms with Gasteiger partial charge in [0.05, 0.1) is 11.2 Å². The molecule has 1 aromatic rings. The zero-order chi connectivity index (χ0) is 14.1. The SMILES string of the molecule is C/C(=C/B1OC(C)(C)C(C)(C)O1)Cc1ccccc1. The van der Waals surface area contributed by atoms with E-state index in [0.717, 1.165) is 6.42 Å². The van der Waals surface area contributed by atoms with Gasteiger partial charge in [-0.2, -0.15) is 0 Å². The molecule has 0 bridgehead atoms.